The van der Waals surface area contributed by atoms with Crippen molar-refractivity contribution in [1.82, 2.24) is 0 Å². The molecule has 2 atom stereocenters. The number of carbonyl (C=O) groups is 1. The molecule has 82 valence electrons. The third-order valence-corrected chi connectivity index (χ3v) is 3.16. The minimum Gasteiger partial charge on any atom is -0.460 e. The summed E-state index contributed by atoms with van der Waals surface area (Å²) in [5, 5.41) is 9.06. The maximum absolute atomic E-state index is 11.5. The van der Waals surface area contributed by atoms with E-state index in [4.69, 9.17) is 9.84 Å². The molecule has 2 aliphatic rings. The second kappa shape index (κ2) is 3.49. The number of allylic oxidation sites excluding steroid dienone is 2. The monoisotopic (exact) mass is 208 g/mol. The van der Waals surface area contributed by atoms with Crippen LogP contribution < -0.4 is 0 Å². The van der Waals surface area contributed by atoms with Gasteiger partial charge >= 0.3 is 5.97 Å². The highest BCUT2D eigenvalue weighted by Crippen LogP contribution is 2.50. The Bertz CT molecular complexity index is 350. The molecular formula is C12H16O3. The molecule has 3 nitrogen and oxygen atoms in total. The molecule has 1 saturated heterocycles. The fraction of sp³-hybridized carbons (Fsp3) is 0.583. The van der Waals surface area contributed by atoms with Crippen molar-refractivity contribution < 1.29 is 14.6 Å². The van der Waals surface area contributed by atoms with Crippen LogP contribution in [0.3, 0.4) is 0 Å². The van der Waals surface area contributed by atoms with E-state index in [9.17, 15) is 4.79 Å². The van der Waals surface area contributed by atoms with Gasteiger partial charge in [0.25, 0.3) is 0 Å². The van der Waals surface area contributed by atoms with Crippen LogP contribution in [0.15, 0.2) is 23.3 Å². The first kappa shape index (κ1) is 10.4. The molecule has 0 spiro atoms. The minimum absolute atomic E-state index is 0.0315. The van der Waals surface area contributed by atoms with Crippen LogP contribution in [0.5, 0.6) is 0 Å². The Morgan fingerprint density at radius 2 is 2.47 bits per heavy atom. The van der Waals surface area contributed by atoms with Gasteiger partial charge in [-0.05, 0) is 25.8 Å². The largest absolute Gasteiger partial charge is 0.460 e. The summed E-state index contributed by atoms with van der Waals surface area (Å²) < 4.78 is 5.10. The van der Waals surface area contributed by atoms with Crippen molar-refractivity contribution in [1.29, 1.82) is 0 Å². The van der Waals surface area contributed by atoms with Gasteiger partial charge < -0.3 is 9.84 Å². The first-order valence-corrected chi connectivity index (χ1v) is 5.24. The fourth-order valence-corrected chi connectivity index (χ4v) is 2.21. The SMILES string of the molecule is CC(C)=CCC12C=C(CO)CC1OC2=O. The van der Waals surface area contributed by atoms with E-state index in [-0.39, 0.29) is 18.7 Å². The van der Waals surface area contributed by atoms with E-state index in [1.54, 1.807) is 0 Å². The van der Waals surface area contributed by atoms with Gasteiger partial charge in [0, 0.05) is 6.42 Å². The van der Waals surface area contributed by atoms with Crippen molar-refractivity contribution in [3.05, 3.63) is 23.3 Å². The first-order chi connectivity index (χ1) is 7.08. The molecule has 1 aliphatic heterocycles. The lowest BCUT2D eigenvalue weighted by molar-refractivity contribution is -0.194. The average Bonchev–Trinajstić information content (AvgIpc) is 2.48. The van der Waals surface area contributed by atoms with Gasteiger partial charge in [-0.2, -0.15) is 0 Å². The van der Waals surface area contributed by atoms with E-state index in [0.29, 0.717) is 12.8 Å². The molecule has 0 amide bonds. The average molecular weight is 208 g/mol. The molecule has 0 aromatic carbocycles. The molecule has 2 unspecified atom stereocenters. The van der Waals surface area contributed by atoms with Gasteiger partial charge in [-0.1, -0.05) is 17.7 Å². The zero-order chi connectivity index (χ0) is 11.1. The molecule has 0 saturated carbocycles. The number of esters is 1. The van der Waals surface area contributed by atoms with E-state index in [1.165, 1.54) is 5.57 Å². The molecule has 1 N–H and O–H groups in total. The smallest absolute Gasteiger partial charge is 0.320 e. The van der Waals surface area contributed by atoms with Crippen molar-refractivity contribution >= 4 is 5.97 Å². The van der Waals surface area contributed by atoms with Gasteiger partial charge in [0.05, 0.1) is 6.61 Å². The topological polar surface area (TPSA) is 46.5 Å². The number of fused-ring (bicyclic) bond motifs is 1. The van der Waals surface area contributed by atoms with E-state index in [0.717, 1.165) is 5.57 Å². The number of hydrogen-bond acceptors (Lipinski definition) is 3. The Kier molecular flexibility index (Phi) is 2.43. The molecule has 1 aliphatic carbocycles. The molecule has 0 bridgehead atoms. The van der Waals surface area contributed by atoms with Crippen molar-refractivity contribution in [3.63, 3.8) is 0 Å². The molecule has 0 radical (unpaired) electrons. The molecule has 2 rings (SSSR count). The normalized spacial score (nSPS) is 32.6. The number of hydrogen-bond donors (Lipinski definition) is 1. The highest BCUT2D eigenvalue weighted by Gasteiger charge is 2.58. The summed E-state index contributed by atoms with van der Waals surface area (Å²) in [6.45, 7) is 4.06. The summed E-state index contributed by atoms with van der Waals surface area (Å²) in [6.07, 6.45) is 5.32. The highest BCUT2D eigenvalue weighted by molar-refractivity contribution is 5.87. The summed E-state index contributed by atoms with van der Waals surface area (Å²) in [7, 11) is 0. The maximum atomic E-state index is 11.5. The van der Waals surface area contributed by atoms with Gasteiger partial charge in [0.1, 0.15) is 11.5 Å². The minimum atomic E-state index is -0.463. The molecule has 3 heteroatoms. The Balaban J connectivity index is 2.20. The maximum Gasteiger partial charge on any atom is 0.320 e. The van der Waals surface area contributed by atoms with Crippen molar-refractivity contribution in [2.75, 3.05) is 6.61 Å². The number of ether oxygens (including phenoxy) is 1. The predicted molar refractivity (Wildman–Crippen MR) is 56.1 cm³/mol. The fourth-order valence-electron chi connectivity index (χ4n) is 2.21. The summed E-state index contributed by atoms with van der Waals surface area (Å²) >= 11 is 0. The standard InChI is InChI=1S/C12H16O3/c1-8(2)3-4-12-6-9(7-13)5-10(12)15-11(12)14/h3,6,10,13H,4-5,7H2,1-2H3. The van der Waals surface area contributed by atoms with E-state index in [1.807, 2.05) is 19.9 Å². The van der Waals surface area contributed by atoms with Gasteiger partial charge in [0.2, 0.25) is 0 Å². The molecule has 1 heterocycles. The third kappa shape index (κ3) is 1.51. The van der Waals surface area contributed by atoms with Crippen LogP contribution in [0.2, 0.25) is 0 Å². The molecule has 1 fully saturated rings. The van der Waals surface area contributed by atoms with E-state index < -0.39 is 5.41 Å². The Morgan fingerprint density at radius 1 is 1.73 bits per heavy atom. The third-order valence-electron chi connectivity index (χ3n) is 3.16. The van der Waals surface area contributed by atoms with Crippen molar-refractivity contribution in [3.8, 4) is 0 Å². The molecular weight excluding hydrogens is 192 g/mol. The lowest BCUT2D eigenvalue weighted by atomic mass is 9.77. The van der Waals surface area contributed by atoms with Crippen LogP contribution >= 0.6 is 0 Å². The summed E-state index contributed by atoms with van der Waals surface area (Å²) in [4.78, 5) is 11.5. The lowest BCUT2D eigenvalue weighted by Crippen LogP contribution is -2.52. The van der Waals surface area contributed by atoms with Crippen LogP contribution in [-0.2, 0) is 9.53 Å². The number of carbonyl (C=O) groups excluding carboxylic acids is 1. The van der Waals surface area contributed by atoms with E-state index in [2.05, 4.69) is 6.08 Å². The summed E-state index contributed by atoms with van der Waals surface area (Å²) in [6, 6.07) is 0. The van der Waals surface area contributed by atoms with Crippen LogP contribution in [0.1, 0.15) is 26.7 Å². The quantitative estimate of drug-likeness (QED) is 0.565. The Hall–Kier alpha value is -1.09. The summed E-state index contributed by atoms with van der Waals surface area (Å²) in [5.74, 6) is -0.145. The highest BCUT2D eigenvalue weighted by atomic mass is 16.6. The van der Waals surface area contributed by atoms with Gasteiger partial charge in [-0.25, -0.2) is 0 Å². The van der Waals surface area contributed by atoms with Crippen molar-refractivity contribution in [2.45, 2.75) is 32.8 Å². The van der Waals surface area contributed by atoms with Crippen LogP contribution in [-0.4, -0.2) is 23.8 Å². The Labute approximate surface area is 89.4 Å². The zero-order valence-corrected chi connectivity index (χ0v) is 9.12. The van der Waals surface area contributed by atoms with Crippen LogP contribution in [0.4, 0.5) is 0 Å². The van der Waals surface area contributed by atoms with Crippen molar-refractivity contribution in [2.24, 2.45) is 5.41 Å². The number of aliphatic hydroxyl groups excluding tert-OH is 1. The van der Waals surface area contributed by atoms with Gasteiger partial charge in [0.15, 0.2) is 0 Å². The molecule has 0 aromatic heterocycles. The van der Waals surface area contributed by atoms with Gasteiger partial charge in [-0.3, -0.25) is 4.79 Å². The number of rotatable bonds is 3. The van der Waals surface area contributed by atoms with Gasteiger partial charge in [-0.15, -0.1) is 0 Å². The first-order valence-electron chi connectivity index (χ1n) is 5.24. The predicted octanol–water partition coefficient (Wildman–Crippen LogP) is 1.58. The number of aliphatic hydroxyl groups is 1. The van der Waals surface area contributed by atoms with Crippen LogP contribution in [0.25, 0.3) is 0 Å². The summed E-state index contributed by atoms with van der Waals surface area (Å²) in [5.41, 5.74) is 1.66. The van der Waals surface area contributed by atoms with Crippen LogP contribution in [0, 0.1) is 5.41 Å². The lowest BCUT2D eigenvalue weighted by Gasteiger charge is -2.41. The van der Waals surface area contributed by atoms with E-state index >= 15 is 0 Å². The molecule has 0 aromatic rings. The second-order valence-corrected chi connectivity index (χ2v) is 4.58. The molecule has 15 heavy (non-hydrogen) atoms. The zero-order valence-electron chi connectivity index (χ0n) is 9.12. The second-order valence-electron chi connectivity index (χ2n) is 4.58. The Morgan fingerprint density at radius 3 is 3.00 bits per heavy atom.